The first-order valence-corrected chi connectivity index (χ1v) is 8.01. The molecule has 10 heteroatoms. The lowest BCUT2D eigenvalue weighted by atomic mass is 10.0. The molecule has 3 aromatic rings. The van der Waals surface area contributed by atoms with Crippen molar-refractivity contribution in [3.63, 3.8) is 0 Å². The largest absolute Gasteiger partial charge is 0.481 e. The molecule has 0 saturated heterocycles. The molecule has 3 heterocycles. The van der Waals surface area contributed by atoms with Crippen molar-refractivity contribution in [1.29, 1.82) is 0 Å². The van der Waals surface area contributed by atoms with Gasteiger partial charge in [0, 0.05) is 11.8 Å². The van der Waals surface area contributed by atoms with Crippen LogP contribution in [-0.2, 0) is 12.7 Å². The van der Waals surface area contributed by atoms with Gasteiger partial charge in [0.25, 0.3) is 0 Å². The van der Waals surface area contributed by atoms with Gasteiger partial charge in [0.1, 0.15) is 5.69 Å². The van der Waals surface area contributed by atoms with Crippen LogP contribution in [0.1, 0.15) is 18.2 Å². The number of rotatable bonds is 5. The highest BCUT2D eigenvalue weighted by atomic mass is 19.4. The molecular formula is C17H17F3N4O3. The number of aliphatic hydroxyl groups excluding tert-OH is 1. The molecular weight excluding hydrogens is 365 g/mol. The summed E-state index contributed by atoms with van der Waals surface area (Å²) >= 11 is 0. The number of ether oxygens (including phenoxy) is 1. The van der Waals surface area contributed by atoms with Crippen LogP contribution in [0.5, 0.6) is 5.88 Å². The van der Waals surface area contributed by atoms with E-state index in [9.17, 15) is 18.3 Å². The number of hydrogen-bond acceptors (Lipinski definition) is 6. The van der Waals surface area contributed by atoms with Crippen LogP contribution >= 0.6 is 0 Å². The Morgan fingerprint density at radius 3 is 2.70 bits per heavy atom. The van der Waals surface area contributed by atoms with Crippen LogP contribution in [0.25, 0.3) is 22.6 Å². The van der Waals surface area contributed by atoms with Gasteiger partial charge in [0.15, 0.2) is 11.5 Å². The lowest BCUT2D eigenvalue weighted by Gasteiger charge is -2.13. The van der Waals surface area contributed by atoms with E-state index in [1.54, 1.807) is 19.1 Å². The van der Waals surface area contributed by atoms with E-state index in [4.69, 9.17) is 9.26 Å². The van der Waals surface area contributed by atoms with E-state index < -0.39 is 18.0 Å². The molecule has 0 aliphatic carbocycles. The third kappa shape index (κ3) is 3.52. The lowest BCUT2D eigenvalue weighted by molar-refractivity contribution is -0.144. The van der Waals surface area contributed by atoms with Crippen molar-refractivity contribution in [2.24, 2.45) is 0 Å². The predicted molar refractivity (Wildman–Crippen MR) is 88.9 cm³/mol. The van der Waals surface area contributed by atoms with Crippen molar-refractivity contribution in [2.45, 2.75) is 32.7 Å². The monoisotopic (exact) mass is 382 g/mol. The molecule has 0 unspecified atom stereocenters. The normalized spacial score (nSPS) is 13.0. The molecule has 7 nitrogen and oxygen atoms in total. The summed E-state index contributed by atoms with van der Waals surface area (Å²) in [5.74, 6) is 0.223. The number of methoxy groups -OCH3 is 1. The highest BCUT2D eigenvalue weighted by Gasteiger charge is 2.40. The Hall–Kier alpha value is -2.88. The number of nitrogens with zero attached hydrogens (tertiary/aromatic N) is 4. The van der Waals surface area contributed by atoms with Gasteiger partial charge in [0.05, 0.1) is 37.1 Å². The zero-order chi connectivity index (χ0) is 19.8. The molecule has 0 aliphatic heterocycles. The zero-order valence-corrected chi connectivity index (χ0v) is 14.8. The molecule has 3 aromatic heterocycles. The summed E-state index contributed by atoms with van der Waals surface area (Å²) in [7, 11) is 1.43. The molecule has 0 aromatic carbocycles. The van der Waals surface area contributed by atoms with Crippen molar-refractivity contribution >= 4 is 0 Å². The molecule has 0 amide bonds. The fraction of sp³-hybridized carbons (Fsp3) is 0.353. The number of alkyl halides is 3. The third-order valence-corrected chi connectivity index (χ3v) is 3.93. The van der Waals surface area contributed by atoms with Crippen molar-refractivity contribution in [1.82, 2.24) is 19.9 Å². The molecule has 0 saturated carbocycles. The molecule has 144 valence electrons. The van der Waals surface area contributed by atoms with Crippen LogP contribution in [0.2, 0.25) is 0 Å². The maximum atomic E-state index is 13.6. The second kappa shape index (κ2) is 7.03. The first kappa shape index (κ1) is 18.9. The van der Waals surface area contributed by atoms with E-state index in [-0.39, 0.29) is 23.7 Å². The quantitative estimate of drug-likeness (QED) is 0.729. The number of aliphatic hydroxyl groups is 1. The molecule has 1 atom stereocenters. The van der Waals surface area contributed by atoms with Crippen molar-refractivity contribution in [2.75, 3.05) is 7.11 Å². The van der Waals surface area contributed by atoms with Gasteiger partial charge in [-0.05, 0) is 26.0 Å². The summed E-state index contributed by atoms with van der Waals surface area (Å²) in [4.78, 5) is 4.06. The van der Waals surface area contributed by atoms with Crippen molar-refractivity contribution in [3.05, 3.63) is 35.8 Å². The number of pyridine rings is 1. The van der Waals surface area contributed by atoms with Crippen LogP contribution in [0.4, 0.5) is 13.2 Å². The van der Waals surface area contributed by atoms with E-state index >= 15 is 0 Å². The van der Waals surface area contributed by atoms with Crippen LogP contribution in [0, 0.1) is 6.92 Å². The van der Waals surface area contributed by atoms with Gasteiger partial charge in [-0.25, -0.2) is 4.98 Å². The second-order valence-corrected chi connectivity index (χ2v) is 5.98. The van der Waals surface area contributed by atoms with E-state index in [2.05, 4.69) is 15.2 Å². The van der Waals surface area contributed by atoms with Gasteiger partial charge in [-0.1, -0.05) is 5.16 Å². The maximum Gasteiger partial charge on any atom is 0.433 e. The summed E-state index contributed by atoms with van der Waals surface area (Å²) in [5.41, 5.74) is -0.0400. The van der Waals surface area contributed by atoms with Gasteiger partial charge in [-0.2, -0.15) is 18.3 Å². The fourth-order valence-corrected chi connectivity index (χ4v) is 2.81. The standard InChI is InChI=1S/C17H17F3N4O3/c1-9(25)8-24-15(17(18,19)20)12(7-22-24)14-10(2)13(23-27-14)11-5-4-6-21-16(11)26-3/h4-7,9,25H,8H2,1-3H3/t9-/m1/s1. The Bertz CT molecular complexity index is 947. The summed E-state index contributed by atoms with van der Waals surface area (Å²) in [6.45, 7) is 2.68. The third-order valence-electron chi connectivity index (χ3n) is 3.93. The van der Waals surface area contributed by atoms with Gasteiger partial charge >= 0.3 is 6.18 Å². The lowest BCUT2D eigenvalue weighted by Crippen LogP contribution is -2.20. The molecule has 1 N–H and O–H groups in total. The molecule has 3 rings (SSSR count). The van der Waals surface area contributed by atoms with Gasteiger partial charge in [-0.3, -0.25) is 4.68 Å². The van der Waals surface area contributed by atoms with Crippen LogP contribution in [0.15, 0.2) is 29.0 Å². The van der Waals surface area contributed by atoms with Gasteiger partial charge in [0.2, 0.25) is 5.88 Å². The highest BCUT2D eigenvalue weighted by molar-refractivity contribution is 5.75. The second-order valence-electron chi connectivity index (χ2n) is 5.98. The Kier molecular flexibility index (Phi) is 4.92. The molecule has 0 radical (unpaired) electrons. The minimum atomic E-state index is -4.69. The average Bonchev–Trinajstić information content (AvgIpc) is 3.17. The Morgan fingerprint density at radius 1 is 1.33 bits per heavy atom. The van der Waals surface area contributed by atoms with E-state index in [0.717, 1.165) is 6.20 Å². The molecule has 0 bridgehead atoms. The molecule has 0 spiro atoms. The summed E-state index contributed by atoms with van der Waals surface area (Å²) < 4.78 is 52.0. The number of halogens is 3. The summed E-state index contributed by atoms with van der Waals surface area (Å²) in [6, 6.07) is 3.34. The first-order valence-electron chi connectivity index (χ1n) is 8.01. The van der Waals surface area contributed by atoms with Crippen molar-refractivity contribution in [3.8, 4) is 28.5 Å². The number of hydrogen-bond donors (Lipinski definition) is 1. The van der Waals surface area contributed by atoms with E-state index in [0.29, 0.717) is 21.5 Å². The smallest absolute Gasteiger partial charge is 0.433 e. The first-order chi connectivity index (χ1) is 12.7. The molecule has 27 heavy (non-hydrogen) atoms. The topological polar surface area (TPSA) is 86.2 Å². The van der Waals surface area contributed by atoms with Crippen LogP contribution in [-0.4, -0.2) is 38.2 Å². The molecule has 0 fully saturated rings. The van der Waals surface area contributed by atoms with Gasteiger partial charge < -0.3 is 14.4 Å². The fourth-order valence-electron chi connectivity index (χ4n) is 2.81. The highest BCUT2D eigenvalue weighted by Crippen LogP contribution is 2.41. The van der Waals surface area contributed by atoms with E-state index in [1.807, 2.05) is 0 Å². The Morgan fingerprint density at radius 2 is 2.07 bits per heavy atom. The van der Waals surface area contributed by atoms with Crippen LogP contribution < -0.4 is 4.74 Å². The van der Waals surface area contributed by atoms with Crippen LogP contribution in [0.3, 0.4) is 0 Å². The van der Waals surface area contributed by atoms with Gasteiger partial charge in [-0.15, -0.1) is 0 Å². The number of aromatic nitrogens is 4. The Balaban J connectivity index is 2.14. The summed E-state index contributed by atoms with van der Waals surface area (Å²) in [6.07, 6.45) is -3.10. The summed E-state index contributed by atoms with van der Waals surface area (Å²) in [5, 5.41) is 17.1. The SMILES string of the molecule is COc1ncccc1-c1noc(-c2cnn(C[C@@H](C)O)c2C(F)(F)F)c1C. The van der Waals surface area contributed by atoms with Crippen molar-refractivity contribution < 1.29 is 27.5 Å². The zero-order valence-electron chi connectivity index (χ0n) is 14.8. The average molecular weight is 382 g/mol. The predicted octanol–water partition coefficient (Wildman–Crippen LogP) is 3.32. The van der Waals surface area contributed by atoms with E-state index in [1.165, 1.54) is 20.2 Å². The minimum absolute atomic E-state index is 0.0555. The molecule has 0 aliphatic rings. The maximum absolute atomic E-state index is 13.6. The minimum Gasteiger partial charge on any atom is -0.481 e. The Labute approximate surface area is 152 Å².